The second-order valence-corrected chi connectivity index (χ2v) is 5.96. The van der Waals surface area contributed by atoms with E-state index >= 15 is 0 Å². The predicted molar refractivity (Wildman–Crippen MR) is 106 cm³/mol. The van der Waals surface area contributed by atoms with Gasteiger partial charge in [0.1, 0.15) is 11.6 Å². The largest absolute Gasteiger partial charge is 0.497 e. The molecule has 8 heteroatoms. The number of anilines is 1. The molecule has 1 N–H and O–H groups in total. The van der Waals surface area contributed by atoms with Gasteiger partial charge in [-0.25, -0.2) is 4.68 Å². The lowest BCUT2D eigenvalue weighted by Crippen LogP contribution is -2.12. The van der Waals surface area contributed by atoms with Crippen molar-refractivity contribution in [1.29, 1.82) is 0 Å². The van der Waals surface area contributed by atoms with E-state index in [-0.39, 0.29) is 11.6 Å². The molecule has 0 fully saturated rings. The van der Waals surface area contributed by atoms with Gasteiger partial charge >= 0.3 is 0 Å². The smallest absolute Gasteiger partial charge is 0.269 e. The number of nitrogens with zero attached hydrogens (tertiary/aromatic N) is 3. The molecule has 0 bridgehead atoms. The van der Waals surface area contributed by atoms with Gasteiger partial charge in [-0.1, -0.05) is 12.1 Å². The number of hydrogen-bond acceptors (Lipinski definition) is 5. The lowest BCUT2D eigenvalue weighted by Gasteiger charge is -2.07. The number of aromatic nitrogens is 2. The van der Waals surface area contributed by atoms with Crippen molar-refractivity contribution < 1.29 is 14.5 Å². The van der Waals surface area contributed by atoms with Gasteiger partial charge in [-0.05, 0) is 42.8 Å². The Morgan fingerprint density at radius 1 is 1.21 bits per heavy atom. The summed E-state index contributed by atoms with van der Waals surface area (Å²) in [6, 6.07) is 15.0. The number of rotatable bonds is 6. The first-order valence-corrected chi connectivity index (χ1v) is 8.41. The summed E-state index contributed by atoms with van der Waals surface area (Å²) in [5.41, 5.74) is 2.12. The van der Waals surface area contributed by atoms with E-state index in [1.165, 1.54) is 22.9 Å². The van der Waals surface area contributed by atoms with Crippen LogP contribution in [-0.2, 0) is 4.79 Å². The summed E-state index contributed by atoms with van der Waals surface area (Å²) in [7, 11) is 1.58. The van der Waals surface area contributed by atoms with Crippen LogP contribution >= 0.6 is 0 Å². The van der Waals surface area contributed by atoms with E-state index in [0.29, 0.717) is 22.9 Å². The van der Waals surface area contributed by atoms with Crippen LogP contribution in [0.25, 0.3) is 11.8 Å². The molecule has 8 nitrogen and oxygen atoms in total. The third-order valence-electron chi connectivity index (χ3n) is 3.91. The van der Waals surface area contributed by atoms with Crippen LogP contribution in [0, 0.1) is 17.0 Å². The molecule has 3 rings (SSSR count). The van der Waals surface area contributed by atoms with Crippen molar-refractivity contribution >= 4 is 23.5 Å². The van der Waals surface area contributed by atoms with Crippen molar-refractivity contribution in [2.45, 2.75) is 6.92 Å². The van der Waals surface area contributed by atoms with Crippen LogP contribution in [0.3, 0.4) is 0 Å². The van der Waals surface area contributed by atoms with E-state index in [9.17, 15) is 14.9 Å². The van der Waals surface area contributed by atoms with Crippen molar-refractivity contribution in [2.75, 3.05) is 12.4 Å². The van der Waals surface area contributed by atoms with E-state index < -0.39 is 4.92 Å². The zero-order chi connectivity index (χ0) is 20.1. The summed E-state index contributed by atoms with van der Waals surface area (Å²) in [5.74, 6) is 0.840. The molecule has 0 saturated carbocycles. The van der Waals surface area contributed by atoms with Gasteiger partial charge in [-0.15, -0.1) is 0 Å². The molecule has 0 radical (unpaired) electrons. The third kappa shape index (κ3) is 4.42. The number of amides is 1. The van der Waals surface area contributed by atoms with Gasteiger partial charge in [-0.2, -0.15) is 5.10 Å². The molecular formula is C20H18N4O4. The summed E-state index contributed by atoms with van der Waals surface area (Å²) in [6.45, 7) is 1.80. The number of carbonyl (C=O) groups excluding carboxylic acids is 1. The Kier molecular flexibility index (Phi) is 5.50. The second-order valence-electron chi connectivity index (χ2n) is 5.96. The molecule has 0 saturated heterocycles. The predicted octanol–water partition coefficient (Wildman–Crippen LogP) is 3.75. The normalized spacial score (nSPS) is 10.8. The fraction of sp³-hybridized carbons (Fsp3) is 0.100. The molecule has 0 aliphatic heterocycles. The number of nitro groups is 1. The van der Waals surface area contributed by atoms with Crippen LogP contribution in [0.15, 0.2) is 60.7 Å². The first-order chi connectivity index (χ1) is 13.5. The molecule has 0 spiro atoms. The molecule has 0 aliphatic carbocycles. The average Bonchev–Trinajstić information content (AvgIpc) is 3.06. The Morgan fingerprint density at radius 3 is 2.64 bits per heavy atom. The van der Waals surface area contributed by atoms with Gasteiger partial charge in [0.05, 0.1) is 23.4 Å². The Labute approximate surface area is 161 Å². The highest BCUT2D eigenvalue weighted by Crippen LogP contribution is 2.20. The second kappa shape index (κ2) is 8.17. The molecule has 1 amide bonds. The first kappa shape index (κ1) is 18.8. The highest BCUT2D eigenvalue weighted by molar-refractivity contribution is 6.01. The number of hydrogen-bond donors (Lipinski definition) is 1. The van der Waals surface area contributed by atoms with Crippen LogP contribution in [0.1, 0.15) is 11.3 Å². The number of carbonyl (C=O) groups is 1. The van der Waals surface area contributed by atoms with Crippen molar-refractivity contribution in [2.24, 2.45) is 0 Å². The number of nitrogens with one attached hydrogen (secondary N) is 1. The highest BCUT2D eigenvalue weighted by Gasteiger charge is 2.11. The van der Waals surface area contributed by atoms with Crippen LogP contribution in [0.4, 0.5) is 11.5 Å². The number of benzene rings is 2. The summed E-state index contributed by atoms with van der Waals surface area (Å²) < 4.78 is 6.68. The van der Waals surface area contributed by atoms with E-state index in [1.807, 2.05) is 24.3 Å². The standard InChI is InChI=1S/C20H18N4O4/c1-14-12-19(23(22-14)16-7-9-17(10-8-16)24(26)27)21-20(25)11-6-15-4-3-5-18(13-15)28-2/h3-13H,1-2H3,(H,21,25)/b11-6+. The van der Waals surface area contributed by atoms with Crippen molar-refractivity contribution in [3.05, 3.63) is 82.0 Å². The number of ether oxygens (including phenoxy) is 1. The van der Waals surface area contributed by atoms with Crippen LogP contribution in [-0.4, -0.2) is 27.7 Å². The average molecular weight is 378 g/mol. The molecule has 2 aromatic carbocycles. The van der Waals surface area contributed by atoms with Crippen molar-refractivity contribution in [3.63, 3.8) is 0 Å². The fourth-order valence-electron chi connectivity index (χ4n) is 2.59. The minimum Gasteiger partial charge on any atom is -0.497 e. The quantitative estimate of drug-likeness (QED) is 0.400. The number of methoxy groups -OCH3 is 1. The molecule has 3 aromatic rings. The van der Waals surface area contributed by atoms with Gasteiger partial charge in [0.2, 0.25) is 5.91 Å². The molecular weight excluding hydrogens is 360 g/mol. The monoisotopic (exact) mass is 378 g/mol. The summed E-state index contributed by atoms with van der Waals surface area (Å²) >= 11 is 0. The molecule has 0 aliphatic rings. The summed E-state index contributed by atoms with van der Waals surface area (Å²) in [4.78, 5) is 22.7. The zero-order valence-electron chi connectivity index (χ0n) is 15.3. The Morgan fingerprint density at radius 2 is 1.96 bits per heavy atom. The minimum atomic E-state index is -0.468. The fourth-order valence-corrected chi connectivity index (χ4v) is 2.59. The van der Waals surface area contributed by atoms with Crippen LogP contribution < -0.4 is 10.1 Å². The zero-order valence-corrected chi connectivity index (χ0v) is 15.3. The topological polar surface area (TPSA) is 99.3 Å². The first-order valence-electron chi connectivity index (χ1n) is 8.41. The SMILES string of the molecule is COc1cccc(/C=C/C(=O)Nc2cc(C)nn2-c2ccc([N+](=O)[O-])cc2)c1. The van der Waals surface area contributed by atoms with Crippen molar-refractivity contribution in [3.8, 4) is 11.4 Å². The maximum absolute atomic E-state index is 12.3. The Bertz CT molecular complexity index is 1040. The summed E-state index contributed by atoms with van der Waals surface area (Å²) in [6.07, 6.45) is 3.09. The Balaban J connectivity index is 1.78. The lowest BCUT2D eigenvalue weighted by atomic mass is 10.2. The van der Waals surface area contributed by atoms with Gasteiger partial charge in [-0.3, -0.25) is 14.9 Å². The van der Waals surface area contributed by atoms with Crippen LogP contribution in [0.5, 0.6) is 5.75 Å². The highest BCUT2D eigenvalue weighted by atomic mass is 16.6. The van der Waals surface area contributed by atoms with Gasteiger partial charge < -0.3 is 10.1 Å². The Hall–Kier alpha value is -3.94. The molecule has 0 unspecified atom stereocenters. The number of nitro benzene ring substituents is 1. The maximum Gasteiger partial charge on any atom is 0.269 e. The molecule has 28 heavy (non-hydrogen) atoms. The number of non-ortho nitro benzene ring substituents is 1. The maximum atomic E-state index is 12.3. The molecule has 142 valence electrons. The van der Waals surface area contributed by atoms with Gasteiger partial charge in [0.25, 0.3) is 5.69 Å². The van der Waals surface area contributed by atoms with Crippen LogP contribution in [0.2, 0.25) is 0 Å². The summed E-state index contributed by atoms with van der Waals surface area (Å²) in [5, 5.41) is 17.9. The van der Waals surface area contributed by atoms with Gasteiger partial charge in [0, 0.05) is 24.3 Å². The molecule has 1 aromatic heterocycles. The molecule has 1 heterocycles. The van der Waals surface area contributed by atoms with E-state index in [1.54, 1.807) is 38.3 Å². The van der Waals surface area contributed by atoms with E-state index in [2.05, 4.69) is 10.4 Å². The third-order valence-corrected chi connectivity index (χ3v) is 3.91. The molecule has 0 atom stereocenters. The van der Waals surface area contributed by atoms with E-state index in [0.717, 1.165) is 5.56 Å². The number of aryl methyl sites for hydroxylation is 1. The van der Waals surface area contributed by atoms with Crippen molar-refractivity contribution in [1.82, 2.24) is 9.78 Å². The van der Waals surface area contributed by atoms with E-state index in [4.69, 9.17) is 4.74 Å². The lowest BCUT2D eigenvalue weighted by molar-refractivity contribution is -0.384. The van der Waals surface area contributed by atoms with Gasteiger partial charge in [0.15, 0.2) is 0 Å². The minimum absolute atomic E-state index is 0.0144.